The summed E-state index contributed by atoms with van der Waals surface area (Å²) in [5, 5.41) is 26.8. The summed E-state index contributed by atoms with van der Waals surface area (Å²) < 4.78 is 0. The van der Waals surface area contributed by atoms with Gasteiger partial charge in [0.1, 0.15) is 0 Å². The molecule has 8 nitrogen and oxygen atoms in total. The molecule has 2 rings (SSSR count). The van der Waals surface area contributed by atoms with Gasteiger partial charge in [-0.05, 0) is 58.5 Å². The number of carbonyl (C=O) groups excluding carboxylic acids is 1. The largest absolute Gasteiger partial charge is 0.358 e. The minimum absolute atomic E-state index is 0.0499. The average Bonchev–Trinajstić information content (AvgIpc) is 2.63. The number of carbonyl (C=O) groups is 1. The van der Waals surface area contributed by atoms with E-state index in [1.165, 1.54) is 30.5 Å². The van der Waals surface area contributed by atoms with E-state index in [2.05, 4.69) is 37.8 Å². The third-order valence-corrected chi connectivity index (χ3v) is 4.57. The summed E-state index contributed by atoms with van der Waals surface area (Å²) in [6.07, 6.45) is 1.69. The number of rotatable bonds is 6. The predicted molar refractivity (Wildman–Crippen MR) is 117 cm³/mol. The van der Waals surface area contributed by atoms with Crippen LogP contribution in [-0.4, -0.2) is 22.2 Å². The van der Waals surface area contributed by atoms with Crippen molar-refractivity contribution in [2.75, 3.05) is 10.4 Å². The summed E-state index contributed by atoms with van der Waals surface area (Å²) in [5.74, 6) is -0.553. The predicted octanol–water partition coefficient (Wildman–Crippen LogP) is 4.07. The molecule has 134 valence electrons. The standard InChI is InChI=1S/C15H13IN5O3PS/c16-25-20-13-5-4-11(6-10(13)8-17)18-15(26)19-14(22)9-2-1-3-12(7-9)21(23)24/h1-8,17,20,25H,(H2,18,19,22,26). The summed E-state index contributed by atoms with van der Waals surface area (Å²) in [6.45, 7) is 0. The number of halogens is 1. The number of thiocarbonyl (C=S) groups is 1. The highest BCUT2D eigenvalue weighted by Gasteiger charge is 2.13. The molecule has 26 heavy (non-hydrogen) atoms. The molecule has 4 N–H and O–H groups in total. The van der Waals surface area contributed by atoms with Gasteiger partial charge >= 0.3 is 0 Å². The molecule has 1 amide bonds. The van der Waals surface area contributed by atoms with Crippen LogP contribution in [0.4, 0.5) is 17.1 Å². The Balaban J connectivity index is 2.06. The number of nitrogens with one attached hydrogen (secondary N) is 4. The third-order valence-electron chi connectivity index (χ3n) is 3.19. The van der Waals surface area contributed by atoms with Crippen LogP contribution in [0.3, 0.4) is 0 Å². The van der Waals surface area contributed by atoms with Crippen molar-refractivity contribution < 1.29 is 9.72 Å². The topological polar surface area (TPSA) is 120 Å². The molecule has 0 saturated carbocycles. The van der Waals surface area contributed by atoms with Gasteiger partial charge in [-0.15, -0.1) is 0 Å². The summed E-state index contributed by atoms with van der Waals surface area (Å²) in [5.41, 5.74) is 2.06. The SMILES string of the molecule is N=Cc1cc(NC(=S)NC(=O)c2cccc([N+](=O)[O-])c2)ccc1NPI. The maximum atomic E-state index is 12.2. The number of hydrogen-bond acceptors (Lipinski definition) is 6. The molecule has 1 unspecified atom stereocenters. The second-order valence-electron chi connectivity index (χ2n) is 4.88. The molecule has 0 aliphatic carbocycles. The van der Waals surface area contributed by atoms with Crippen molar-refractivity contribution in [3.8, 4) is 0 Å². The van der Waals surface area contributed by atoms with Crippen molar-refractivity contribution >= 4 is 74.9 Å². The molecule has 0 aliphatic rings. The first-order valence-electron chi connectivity index (χ1n) is 7.07. The van der Waals surface area contributed by atoms with Crippen molar-refractivity contribution in [3.63, 3.8) is 0 Å². The highest BCUT2D eigenvalue weighted by molar-refractivity contribution is 14.2. The van der Waals surface area contributed by atoms with Gasteiger partial charge in [-0.1, -0.05) is 6.07 Å². The van der Waals surface area contributed by atoms with Gasteiger partial charge in [0.25, 0.3) is 11.6 Å². The molecule has 0 aliphatic heterocycles. The lowest BCUT2D eigenvalue weighted by Gasteiger charge is -2.12. The third kappa shape index (κ3) is 5.41. The number of nitro benzene ring substituents is 1. The lowest BCUT2D eigenvalue weighted by atomic mass is 10.1. The molecule has 0 saturated heterocycles. The van der Waals surface area contributed by atoms with E-state index in [4.69, 9.17) is 17.6 Å². The van der Waals surface area contributed by atoms with Crippen LogP contribution < -0.4 is 15.7 Å². The fourth-order valence-corrected chi connectivity index (χ4v) is 3.43. The van der Waals surface area contributed by atoms with Crippen LogP contribution in [0, 0.1) is 15.5 Å². The van der Waals surface area contributed by atoms with Crippen LogP contribution in [0.2, 0.25) is 0 Å². The molecule has 0 aromatic heterocycles. The number of nitro groups is 1. The minimum atomic E-state index is -0.571. The van der Waals surface area contributed by atoms with Crippen LogP contribution in [0.15, 0.2) is 42.5 Å². The Morgan fingerprint density at radius 2 is 2.08 bits per heavy atom. The molecule has 1 atom stereocenters. The minimum Gasteiger partial charge on any atom is -0.358 e. The van der Waals surface area contributed by atoms with Crippen LogP contribution in [0.25, 0.3) is 0 Å². The molecular weight excluding hydrogens is 488 g/mol. The van der Waals surface area contributed by atoms with E-state index >= 15 is 0 Å². The van der Waals surface area contributed by atoms with Crippen molar-refractivity contribution in [1.29, 1.82) is 5.41 Å². The highest BCUT2D eigenvalue weighted by atomic mass is 127. The van der Waals surface area contributed by atoms with Gasteiger partial charge in [0.15, 0.2) is 5.11 Å². The van der Waals surface area contributed by atoms with Gasteiger partial charge in [-0.2, -0.15) is 0 Å². The van der Waals surface area contributed by atoms with E-state index in [0.717, 1.165) is 5.69 Å². The summed E-state index contributed by atoms with van der Waals surface area (Å²) in [6, 6.07) is 10.7. The first-order valence-corrected chi connectivity index (χ1v) is 11.6. The molecule has 2 aromatic rings. The van der Waals surface area contributed by atoms with Crippen LogP contribution >= 0.6 is 40.6 Å². The van der Waals surface area contributed by atoms with Gasteiger partial charge in [0.2, 0.25) is 0 Å². The van der Waals surface area contributed by atoms with Crippen molar-refractivity contribution in [2.45, 2.75) is 0 Å². The summed E-state index contributed by atoms with van der Waals surface area (Å²) in [4.78, 5) is 22.4. The molecule has 2 aromatic carbocycles. The molecule has 0 heterocycles. The number of non-ortho nitro benzene ring substituents is 1. The maximum absolute atomic E-state index is 12.2. The Labute approximate surface area is 169 Å². The second-order valence-corrected chi connectivity index (χ2v) is 7.35. The second kappa shape index (κ2) is 9.51. The van der Waals surface area contributed by atoms with Crippen molar-refractivity contribution in [2.24, 2.45) is 0 Å². The van der Waals surface area contributed by atoms with Gasteiger partial charge in [-0.3, -0.25) is 20.2 Å². The molecular formula is C15H13IN5O3PS. The lowest BCUT2D eigenvalue weighted by molar-refractivity contribution is -0.384. The fourth-order valence-electron chi connectivity index (χ4n) is 2.02. The number of hydrogen-bond donors (Lipinski definition) is 4. The van der Waals surface area contributed by atoms with E-state index in [1.807, 2.05) is 0 Å². The zero-order valence-electron chi connectivity index (χ0n) is 13.1. The van der Waals surface area contributed by atoms with Gasteiger partial charge in [0.05, 0.1) is 4.92 Å². The van der Waals surface area contributed by atoms with E-state index in [-0.39, 0.29) is 16.4 Å². The number of amides is 1. The highest BCUT2D eigenvalue weighted by Crippen LogP contribution is 2.27. The molecule has 0 fully saturated rings. The van der Waals surface area contributed by atoms with Gasteiger partial charge in [-0.25, -0.2) is 0 Å². The fraction of sp³-hybridized carbons (Fsp3) is 0. The summed E-state index contributed by atoms with van der Waals surface area (Å²) in [7, 11) is 0. The first-order chi connectivity index (χ1) is 12.4. The quantitative estimate of drug-likeness (QED) is 0.118. The monoisotopic (exact) mass is 501 g/mol. The molecule has 0 spiro atoms. The van der Waals surface area contributed by atoms with Crippen LogP contribution in [0.1, 0.15) is 15.9 Å². The van der Waals surface area contributed by atoms with Gasteiger partial charge in [0, 0.05) is 47.2 Å². The number of benzene rings is 2. The smallest absolute Gasteiger partial charge is 0.270 e. The Kier molecular flexibility index (Phi) is 7.37. The Morgan fingerprint density at radius 1 is 1.31 bits per heavy atom. The van der Waals surface area contributed by atoms with Crippen LogP contribution in [-0.2, 0) is 0 Å². The first kappa shape index (κ1) is 20.1. The normalized spacial score (nSPS) is 10.3. The van der Waals surface area contributed by atoms with E-state index in [9.17, 15) is 14.9 Å². The maximum Gasteiger partial charge on any atom is 0.270 e. The molecule has 0 bridgehead atoms. The van der Waals surface area contributed by atoms with Gasteiger partial charge < -0.3 is 15.8 Å². The molecule has 11 heteroatoms. The lowest BCUT2D eigenvalue weighted by Crippen LogP contribution is -2.34. The zero-order valence-corrected chi connectivity index (χ0v) is 17.1. The average molecular weight is 501 g/mol. The Morgan fingerprint density at radius 3 is 2.73 bits per heavy atom. The number of nitrogens with zero attached hydrogens (tertiary/aromatic N) is 1. The van der Waals surface area contributed by atoms with Crippen molar-refractivity contribution in [1.82, 2.24) is 5.32 Å². The summed E-state index contributed by atoms with van der Waals surface area (Å²) >= 11 is 7.30. The zero-order chi connectivity index (χ0) is 19.1. The Bertz CT molecular complexity index is 880. The van der Waals surface area contributed by atoms with E-state index < -0.39 is 10.8 Å². The van der Waals surface area contributed by atoms with Crippen LogP contribution in [0.5, 0.6) is 0 Å². The van der Waals surface area contributed by atoms with Crippen molar-refractivity contribution in [3.05, 3.63) is 63.7 Å². The number of anilines is 2. The molecule has 0 radical (unpaired) electrons. The Hall–Kier alpha value is -2.17. The van der Waals surface area contributed by atoms with E-state index in [1.54, 1.807) is 18.2 Å². The van der Waals surface area contributed by atoms with E-state index in [0.29, 0.717) is 17.6 Å².